The molecule has 320 valence electrons. The van der Waals surface area contributed by atoms with Gasteiger partial charge in [0.2, 0.25) is 0 Å². The molecular weight excluding hydrogens is 685 g/mol. The first-order valence-corrected chi connectivity index (χ1v) is 23.5. The fraction of sp³-hybridized carbons (Fsp3) is 0.816. The minimum atomic E-state index is -0.769. The molecule has 0 bridgehead atoms. The van der Waals surface area contributed by atoms with Gasteiger partial charge in [0.15, 0.2) is 6.10 Å². The van der Waals surface area contributed by atoms with Crippen molar-refractivity contribution >= 4 is 17.9 Å². The summed E-state index contributed by atoms with van der Waals surface area (Å²) < 4.78 is 16.7. The maximum atomic E-state index is 12.7. The Morgan fingerprint density at radius 2 is 0.655 bits per heavy atom. The van der Waals surface area contributed by atoms with E-state index in [0.717, 1.165) is 77.0 Å². The molecule has 0 fully saturated rings. The molecule has 6 nitrogen and oxygen atoms in total. The van der Waals surface area contributed by atoms with E-state index < -0.39 is 6.10 Å². The van der Waals surface area contributed by atoms with Gasteiger partial charge in [0.25, 0.3) is 0 Å². The third-order valence-corrected chi connectivity index (χ3v) is 10.1. The van der Waals surface area contributed by atoms with Gasteiger partial charge in [0.05, 0.1) is 0 Å². The van der Waals surface area contributed by atoms with E-state index in [0.29, 0.717) is 19.3 Å². The molecule has 0 aromatic heterocycles. The Labute approximate surface area is 340 Å². The standard InChI is InChI=1S/C49H88O6/c1-4-7-10-13-16-18-20-21-22-23-24-25-26-27-29-30-33-36-39-42-48(51)54-45-46(44-53-47(50)41-38-35-32-15-12-9-6-3)55-49(52)43-40-37-34-31-28-19-17-14-11-8-5-2/h16,18,21-22,24-25,46H,4-15,17,19-20,23,26-45H2,1-3H3/b18-16-,22-21-,25-24-. The molecule has 6 heteroatoms. The highest BCUT2D eigenvalue weighted by atomic mass is 16.6. The maximum absolute atomic E-state index is 12.7. The zero-order chi connectivity index (χ0) is 40.1. The fourth-order valence-electron chi connectivity index (χ4n) is 6.57. The van der Waals surface area contributed by atoms with E-state index in [9.17, 15) is 14.4 Å². The Morgan fingerprint density at radius 1 is 0.364 bits per heavy atom. The van der Waals surface area contributed by atoms with Crippen molar-refractivity contribution in [1.29, 1.82) is 0 Å². The molecule has 0 heterocycles. The normalized spacial score (nSPS) is 12.3. The third-order valence-electron chi connectivity index (χ3n) is 10.1. The quantitative estimate of drug-likeness (QED) is 0.0266. The molecule has 0 saturated carbocycles. The van der Waals surface area contributed by atoms with Crippen LogP contribution in [0, 0.1) is 0 Å². The number of carbonyl (C=O) groups is 3. The van der Waals surface area contributed by atoms with Gasteiger partial charge >= 0.3 is 17.9 Å². The highest BCUT2D eigenvalue weighted by Gasteiger charge is 2.19. The zero-order valence-corrected chi connectivity index (χ0v) is 36.4. The van der Waals surface area contributed by atoms with Crippen molar-refractivity contribution in [2.24, 2.45) is 0 Å². The zero-order valence-electron chi connectivity index (χ0n) is 36.4. The fourth-order valence-corrected chi connectivity index (χ4v) is 6.57. The van der Waals surface area contributed by atoms with Crippen LogP contribution in [-0.4, -0.2) is 37.2 Å². The topological polar surface area (TPSA) is 78.9 Å². The van der Waals surface area contributed by atoms with Gasteiger partial charge in [0.1, 0.15) is 13.2 Å². The summed E-state index contributed by atoms with van der Waals surface area (Å²) in [4.78, 5) is 37.6. The monoisotopic (exact) mass is 773 g/mol. The van der Waals surface area contributed by atoms with Crippen LogP contribution in [-0.2, 0) is 28.6 Å². The van der Waals surface area contributed by atoms with Gasteiger partial charge in [-0.05, 0) is 57.8 Å². The highest BCUT2D eigenvalue weighted by Crippen LogP contribution is 2.14. The molecule has 55 heavy (non-hydrogen) atoms. The van der Waals surface area contributed by atoms with E-state index in [-0.39, 0.29) is 31.1 Å². The summed E-state index contributed by atoms with van der Waals surface area (Å²) in [6.45, 7) is 6.55. The molecule has 0 aliphatic rings. The Balaban J connectivity index is 4.26. The lowest BCUT2D eigenvalue weighted by atomic mass is 10.1. The van der Waals surface area contributed by atoms with E-state index in [2.05, 4.69) is 57.2 Å². The molecule has 0 rings (SSSR count). The minimum Gasteiger partial charge on any atom is -0.462 e. The lowest BCUT2D eigenvalue weighted by molar-refractivity contribution is -0.167. The molecule has 0 N–H and O–H groups in total. The van der Waals surface area contributed by atoms with Crippen molar-refractivity contribution in [3.05, 3.63) is 36.5 Å². The summed E-state index contributed by atoms with van der Waals surface area (Å²) in [5.41, 5.74) is 0. The van der Waals surface area contributed by atoms with Crippen LogP contribution in [0.5, 0.6) is 0 Å². The van der Waals surface area contributed by atoms with Gasteiger partial charge in [-0.1, -0.05) is 198 Å². The molecule has 1 atom stereocenters. The molecular formula is C49H88O6. The Bertz CT molecular complexity index is 938. The number of hydrogen-bond donors (Lipinski definition) is 0. The molecule has 0 spiro atoms. The first-order valence-electron chi connectivity index (χ1n) is 23.5. The Hall–Kier alpha value is -2.37. The van der Waals surface area contributed by atoms with Crippen LogP contribution in [0.15, 0.2) is 36.5 Å². The predicted octanol–water partition coefficient (Wildman–Crippen LogP) is 15.0. The number of ether oxygens (including phenoxy) is 3. The number of carbonyl (C=O) groups excluding carboxylic acids is 3. The average Bonchev–Trinajstić information content (AvgIpc) is 3.18. The second-order valence-electron chi connectivity index (χ2n) is 15.7. The van der Waals surface area contributed by atoms with Crippen molar-refractivity contribution in [2.75, 3.05) is 13.2 Å². The van der Waals surface area contributed by atoms with E-state index >= 15 is 0 Å². The van der Waals surface area contributed by atoms with E-state index in [1.807, 2.05) is 0 Å². The van der Waals surface area contributed by atoms with Crippen molar-refractivity contribution in [2.45, 2.75) is 245 Å². The van der Waals surface area contributed by atoms with Crippen LogP contribution in [0.3, 0.4) is 0 Å². The Morgan fingerprint density at radius 3 is 1.05 bits per heavy atom. The van der Waals surface area contributed by atoms with Crippen molar-refractivity contribution in [1.82, 2.24) is 0 Å². The summed E-state index contributed by atoms with van der Waals surface area (Å²) in [5.74, 6) is -0.890. The molecule has 0 radical (unpaired) electrons. The molecule has 0 aliphatic carbocycles. The number of esters is 3. The van der Waals surface area contributed by atoms with Gasteiger partial charge in [-0.15, -0.1) is 0 Å². The van der Waals surface area contributed by atoms with Gasteiger partial charge in [0, 0.05) is 19.3 Å². The Kier molecular flexibility index (Phi) is 42.4. The summed E-state index contributed by atoms with van der Waals surface area (Å²) in [7, 11) is 0. The van der Waals surface area contributed by atoms with Gasteiger partial charge in [-0.3, -0.25) is 14.4 Å². The molecule has 0 aromatic rings. The molecule has 0 aliphatic heterocycles. The number of rotatable bonds is 42. The summed E-state index contributed by atoms with van der Waals surface area (Å²) >= 11 is 0. The number of unbranched alkanes of at least 4 members (excludes halogenated alkanes) is 25. The summed E-state index contributed by atoms with van der Waals surface area (Å²) in [6.07, 6.45) is 49.9. The lowest BCUT2D eigenvalue weighted by Gasteiger charge is -2.18. The van der Waals surface area contributed by atoms with Crippen LogP contribution in [0.2, 0.25) is 0 Å². The minimum absolute atomic E-state index is 0.0741. The summed E-state index contributed by atoms with van der Waals surface area (Å²) in [6, 6.07) is 0. The van der Waals surface area contributed by atoms with Crippen LogP contribution in [0.1, 0.15) is 239 Å². The van der Waals surface area contributed by atoms with E-state index in [1.54, 1.807) is 0 Å². The maximum Gasteiger partial charge on any atom is 0.306 e. The van der Waals surface area contributed by atoms with Crippen molar-refractivity contribution in [3.8, 4) is 0 Å². The lowest BCUT2D eigenvalue weighted by Crippen LogP contribution is -2.30. The van der Waals surface area contributed by atoms with Gasteiger partial charge < -0.3 is 14.2 Å². The largest absolute Gasteiger partial charge is 0.462 e. The van der Waals surface area contributed by atoms with Crippen molar-refractivity contribution in [3.63, 3.8) is 0 Å². The molecule has 0 aromatic carbocycles. The van der Waals surface area contributed by atoms with Crippen LogP contribution < -0.4 is 0 Å². The average molecular weight is 773 g/mol. The van der Waals surface area contributed by atoms with E-state index in [4.69, 9.17) is 14.2 Å². The SMILES string of the molecule is CCCCC/C=C\C/C=C\C/C=C\CCCCCCCCC(=O)OCC(COC(=O)CCCCCCCCC)OC(=O)CCCCCCCCCCCCC. The first kappa shape index (κ1) is 52.6. The first-order chi connectivity index (χ1) is 27.0. The molecule has 0 amide bonds. The van der Waals surface area contributed by atoms with Gasteiger partial charge in [-0.25, -0.2) is 0 Å². The van der Waals surface area contributed by atoms with E-state index in [1.165, 1.54) is 122 Å². The summed E-state index contributed by atoms with van der Waals surface area (Å²) in [5, 5.41) is 0. The van der Waals surface area contributed by atoms with Crippen LogP contribution in [0.25, 0.3) is 0 Å². The number of allylic oxidation sites excluding steroid dienone is 6. The second kappa shape index (κ2) is 44.3. The molecule has 0 saturated heterocycles. The molecule has 1 unspecified atom stereocenters. The van der Waals surface area contributed by atoms with Crippen molar-refractivity contribution < 1.29 is 28.6 Å². The van der Waals surface area contributed by atoms with Crippen LogP contribution >= 0.6 is 0 Å². The van der Waals surface area contributed by atoms with Gasteiger partial charge in [-0.2, -0.15) is 0 Å². The van der Waals surface area contributed by atoms with Crippen LogP contribution in [0.4, 0.5) is 0 Å². The highest BCUT2D eigenvalue weighted by molar-refractivity contribution is 5.71. The smallest absolute Gasteiger partial charge is 0.306 e. The third kappa shape index (κ3) is 42.6. The predicted molar refractivity (Wildman–Crippen MR) is 233 cm³/mol. The second-order valence-corrected chi connectivity index (χ2v) is 15.7. The number of hydrogen-bond acceptors (Lipinski definition) is 6.